The smallest absolute Gasteiger partial charge is 0.247 e. The fourth-order valence-electron chi connectivity index (χ4n) is 3.95. The number of hydrogen-bond donors (Lipinski definition) is 2. The second kappa shape index (κ2) is 11.4. The molecule has 0 spiro atoms. The molecule has 1 aromatic carbocycles. The number of carbonyl (C=O) groups excluding carboxylic acids is 3. The van der Waals surface area contributed by atoms with Crippen LogP contribution < -0.4 is 10.6 Å². The van der Waals surface area contributed by atoms with Crippen LogP contribution in [0.3, 0.4) is 0 Å². The minimum atomic E-state index is -0.634. The van der Waals surface area contributed by atoms with Crippen molar-refractivity contribution in [3.8, 4) is 11.3 Å². The highest BCUT2D eigenvalue weighted by atomic mass is 32.1. The van der Waals surface area contributed by atoms with Crippen LogP contribution in [0.15, 0.2) is 30.3 Å². The summed E-state index contributed by atoms with van der Waals surface area (Å²) < 4.78 is 4.00. The molecule has 3 amide bonds. The Morgan fingerprint density at radius 3 is 2.58 bits per heavy atom. The quantitative estimate of drug-likeness (QED) is 0.580. The molecule has 2 aromatic rings. The van der Waals surface area contributed by atoms with Crippen molar-refractivity contribution in [2.24, 2.45) is 11.8 Å². The molecule has 2 heterocycles. The summed E-state index contributed by atoms with van der Waals surface area (Å²) in [5, 5.41) is 10.6. The number of nitrogens with zero attached hydrogens (tertiary/aromatic N) is 3. The van der Waals surface area contributed by atoms with Crippen LogP contribution in [0.25, 0.3) is 11.3 Å². The summed E-state index contributed by atoms with van der Waals surface area (Å²) in [6.07, 6.45) is 2.56. The van der Waals surface area contributed by atoms with Crippen LogP contribution in [-0.2, 0) is 14.4 Å². The molecule has 0 aliphatic carbocycles. The largest absolute Gasteiger partial charge is 0.344 e. The van der Waals surface area contributed by atoms with E-state index in [-0.39, 0.29) is 29.6 Å². The summed E-state index contributed by atoms with van der Waals surface area (Å²) in [5.74, 6) is -0.507. The van der Waals surface area contributed by atoms with Gasteiger partial charge in [-0.1, -0.05) is 62.5 Å². The van der Waals surface area contributed by atoms with E-state index >= 15 is 0 Å². The van der Waals surface area contributed by atoms with Gasteiger partial charge in [0.05, 0.1) is 0 Å². The van der Waals surface area contributed by atoms with Crippen LogP contribution in [0.1, 0.15) is 53.4 Å². The maximum Gasteiger partial charge on any atom is 0.247 e. The van der Waals surface area contributed by atoms with Crippen molar-refractivity contribution in [1.82, 2.24) is 19.8 Å². The van der Waals surface area contributed by atoms with Crippen LogP contribution in [0.4, 0.5) is 5.00 Å². The standard InChI is InChI=1S/C24H33N5O3S/c1-5-16(4)21(30)25-18(14-15(2)3)24(32)29-13-9-12-19(29)22(31)26-23-20(27-28-33-23)17-10-7-6-8-11-17/h6-8,10-11,15-16,18-19H,5,9,12-14H2,1-4H3,(H,25,30)(H,26,31)/t16-,18+,19+/m1/s1. The molecule has 9 heteroatoms. The average molecular weight is 472 g/mol. The third-order valence-electron chi connectivity index (χ3n) is 5.99. The Morgan fingerprint density at radius 1 is 1.18 bits per heavy atom. The van der Waals surface area contributed by atoms with Crippen molar-refractivity contribution in [1.29, 1.82) is 0 Å². The number of hydrogen-bond acceptors (Lipinski definition) is 6. The van der Waals surface area contributed by atoms with Gasteiger partial charge in [-0.15, -0.1) is 5.10 Å². The fraction of sp³-hybridized carbons (Fsp3) is 0.542. The van der Waals surface area contributed by atoms with Crippen LogP contribution >= 0.6 is 11.5 Å². The summed E-state index contributed by atoms with van der Waals surface area (Å²) in [7, 11) is 0. The van der Waals surface area contributed by atoms with Gasteiger partial charge in [-0.2, -0.15) is 0 Å². The number of rotatable bonds is 9. The molecule has 178 valence electrons. The number of nitrogens with one attached hydrogen (secondary N) is 2. The molecular weight excluding hydrogens is 438 g/mol. The van der Waals surface area contributed by atoms with E-state index in [9.17, 15) is 14.4 Å². The number of benzene rings is 1. The zero-order valence-electron chi connectivity index (χ0n) is 19.7. The molecule has 1 aromatic heterocycles. The molecule has 0 radical (unpaired) electrons. The van der Waals surface area contributed by atoms with Gasteiger partial charge in [0.15, 0.2) is 0 Å². The van der Waals surface area contributed by atoms with Crippen LogP contribution in [0, 0.1) is 11.8 Å². The topological polar surface area (TPSA) is 104 Å². The molecule has 3 rings (SSSR count). The van der Waals surface area contributed by atoms with E-state index in [0.717, 1.165) is 23.5 Å². The maximum absolute atomic E-state index is 13.4. The number of anilines is 1. The zero-order valence-corrected chi connectivity index (χ0v) is 20.5. The van der Waals surface area contributed by atoms with Crippen molar-refractivity contribution in [2.75, 3.05) is 11.9 Å². The zero-order chi connectivity index (χ0) is 24.0. The number of carbonyl (C=O) groups is 3. The van der Waals surface area contributed by atoms with Crippen LogP contribution in [-0.4, -0.2) is 50.8 Å². The Labute approximate surface area is 199 Å². The highest BCUT2D eigenvalue weighted by Gasteiger charge is 2.38. The fourth-order valence-corrected chi connectivity index (χ4v) is 4.54. The summed E-state index contributed by atoms with van der Waals surface area (Å²) >= 11 is 1.12. The Hall–Kier alpha value is -2.81. The lowest BCUT2D eigenvalue weighted by Crippen LogP contribution is -2.53. The predicted octanol–water partition coefficient (Wildman–Crippen LogP) is 3.71. The van der Waals surface area contributed by atoms with Gasteiger partial charge in [0.1, 0.15) is 22.8 Å². The van der Waals surface area contributed by atoms with Crippen LogP contribution in [0.2, 0.25) is 0 Å². The van der Waals surface area contributed by atoms with Gasteiger partial charge in [-0.25, -0.2) is 0 Å². The molecule has 0 saturated carbocycles. The van der Waals surface area contributed by atoms with E-state index in [1.165, 1.54) is 0 Å². The normalized spacial score (nSPS) is 17.6. The summed E-state index contributed by atoms with van der Waals surface area (Å²) in [6.45, 7) is 8.34. The molecule has 2 N–H and O–H groups in total. The van der Waals surface area contributed by atoms with Gasteiger partial charge < -0.3 is 15.5 Å². The second-order valence-corrected chi connectivity index (χ2v) is 9.75. The minimum absolute atomic E-state index is 0.125. The molecule has 8 nitrogen and oxygen atoms in total. The monoisotopic (exact) mass is 471 g/mol. The molecule has 0 unspecified atom stereocenters. The Balaban J connectivity index is 1.74. The molecule has 3 atom stereocenters. The molecule has 0 bridgehead atoms. The third-order valence-corrected chi connectivity index (χ3v) is 6.63. The Morgan fingerprint density at radius 2 is 1.91 bits per heavy atom. The molecule has 33 heavy (non-hydrogen) atoms. The Bertz CT molecular complexity index is 962. The average Bonchev–Trinajstić information content (AvgIpc) is 3.47. The first kappa shape index (κ1) is 24.8. The van der Waals surface area contributed by atoms with E-state index in [1.807, 2.05) is 58.0 Å². The summed E-state index contributed by atoms with van der Waals surface area (Å²) in [6, 6.07) is 8.32. The SMILES string of the molecule is CC[C@@H](C)C(=O)N[C@@H](CC(C)C)C(=O)N1CCC[C@H]1C(=O)Nc1snnc1-c1ccccc1. The molecule has 1 saturated heterocycles. The van der Waals surface area contributed by atoms with Crippen molar-refractivity contribution in [2.45, 2.75) is 65.5 Å². The minimum Gasteiger partial charge on any atom is -0.344 e. The number of aromatic nitrogens is 2. The summed E-state index contributed by atoms with van der Waals surface area (Å²) in [5.41, 5.74) is 1.48. The first-order valence-corrected chi connectivity index (χ1v) is 12.4. The van der Waals surface area contributed by atoms with Crippen molar-refractivity contribution >= 4 is 34.3 Å². The van der Waals surface area contributed by atoms with Gasteiger partial charge in [-0.05, 0) is 31.6 Å². The number of amides is 3. The molecule has 1 aliphatic heterocycles. The highest BCUT2D eigenvalue weighted by Crippen LogP contribution is 2.30. The van der Waals surface area contributed by atoms with Gasteiger partial charge in [0.25, 0.3) is 0 Å². The lowest BCUT2D eigenvalue weighted by atomic mass is 10.0. The van der Waals surface area contributed by atoms with E-state index < -0.39 is 12.1 Å². The van der Waals surface area contributed by atoms with Gasteiger partial charge in [0, 0.05) is 29.6 Å². The second-order valence-electron chi connectivity index (χ2n) is 9.00. The van der Waals surface area contributed by atoms with Crippen molar-refractivity contribution < 1.29 is 14.4 Å². The Kier molecular flexibility index (Phi) is 8.55. The van der Waals surface area contributed by atoms with E-state index in [0.29, 0.717) is 36.5 Å². The lowest BCUT2D eigenvalue weighted by Gasteiger charge is -2.30. The van der Waals surface area contributed by atoms with Crippen LogP contribution in [0.5, 0.6) is 0 Å². The van der Waals surface area contributed by atoms with Gasteiger partial charge in [-0.3, -0.25) is 14.4 Å². The molecular formula is C24H33N5O3S. The lowest BCUT2D eigenvalue weighted by molar-refractivity contribution is -0.141. The van der Waals surface area contributed by atoms with Crippen molar-refractivity contribution in [3.05, 3.63) is 30.3 Å². The van der Waals surface area contributed by atoms with Gasteiger partial charge >= 0.3 is 0 Å². The van der Waals surface area contributed by atoms with E-state index in [1.54, 1.807) is 4.90 Å². The predicted molar refractivity (Wildman–Crippen MR) is 130 cm³/mol. The first-order valence-electron chi connectivity index (χ1n) is 11.6. The maximum atomic E-state index is 13.4. The third kappa shape index (κ3) is 6.16. The molecule has 1 aliphatic rings. The highest BCUT2D eigenvalue weighted by molar-refractivity contribution is 7.10. The van der Waals surface area contributed by atoms with E-state index in [4.69, 9.17) is 0 Å². The molecule has 1 fully saturated rings. The van der Waals surface area contributed by atoms with E-state index in [2.05, 4.69) is 20.2 Å². The van der Waals surface area contributed by atoms with Crippen molar-refractivity contribution in [3.63, 3.8) is 0 Å². The first-order chi connectivity index (χ1) is 15.8. The summed E-state index contributed by atoms with van der Waals surface area (Å²) in [4.78, 5) is 40.8. The number of likely N-dealkylation sites (tertiary alicyclic amines) is 1. The van der Waals surface area contributed by atoms with Gasteiger partial charge in [0.2, 0.25) is 17.7 Å².